The van der Waals surface area contributed by atoms with Crippen molar-refractivity contribution in [3.63, 3.8) is 0 Å². The molecule has 0 aliphatic heterocycles. The van der Waals surface area contributed by atoms with E-state index < -0.39 is 17.5 Å². The minimum absolute atomic E-state index is 0.0647. The SMILES string of the molecule is Cc1cc(C)n(CCNC(=O)C2CCC(NC(=O)c3ccc(F)c(F)c3)CC2)c(=O)n1. The zero-order chi connectivity index (χ0) is 22.5. The topological polar surface area (TPSA) is 93.1 Å². The van der Waals surface area contributed by atoms with Gasteiger partial charge in [0, 0.05) is 42.0 Å². The number of carbonyl (C=O) groups excluding carboxylic acids is 2. The molecule has 0 saturated heterocycles. The van der Waals surface area contributed by atoms with Crippen molar-refractivity contribution in [1.29, 1.82) is 0 Å². The van der Waals surface area contributed by atoms with Gasteiger partial charge in [0.05, 0.1) is 0 Å². The van der Waals surface area contributed by atoms with Crippen LogP contribution in [0.4, 0.5) is 8.78 Å². The quantitative estimate of drug-likeness (QED) is 0.732. The zero-order valence-electron chi connectivity index (χ0n) is 17.6. The third-order valence-corrected chi connectivity index (χ3v) is 5.60. The molecular weight excluding hydrogens is 406 g/mol. The maximum absolute atomic E-state index is 13.3. The lowest BCUT2D eigenvalue weighted by Crippen LogP contribution is -2.41. The molecule has 166 valence electrons. The standard InChI is InChI=1S/C22H26F2N4O3/c1-13-11-14(2)28(22(31)26-13)10-9-25-20(29)15-3-6-17(7-4-15)27-21(30)16-5-8-18(23)19(24)12-16/h5,8,11-12,15,17H,3-4,6-7,9-10H2,1-2H3,(H,25,29)(H,27,30). The molecule has 2 amide bonds. The molecule has 3 rings (SSSR count). The maximum atomic E-state index is 13.3. The first-order valence-corrected chi connectivity index (χ1v) is 10.3. The smallest absolute Gasteiger partial charge is 0.348 e. The van der Waals surface area contributed by atoms with Crippen LogP contribution in [0.1, 0.15) is 47.4 Å². The molecule has 0 unspecified atom stereocenters. The Kier molecular flexibility index (Phi) is 7.14. The summed E-state index contributed by atoms with van der Waals surface area (Å²) < 4.78 is 27.8. The number of halogens is 2. The van der Waals surface area contributed by atoms with E-state index in [1.807, 2.05) is 13.0 Å². The van der Waals surface area contributed by atoms with E-state index in [9.17, 15) is 23.2 Å². The summed E-state index contributed by atoms with van der Waals surface area (Å²) in [6.07, 6.45) is 2.46. The summed E-state index contributed by atoms with van der Waals surface area (Å²) in [6, 6.07) is 4.74. The van der Waals surface area contributed by atoms with Gasteiger partial charge in [0.25, 0.3) is 5.91 Å². The van der Waals surface area contributed by atoms with Gasteiger partial charge in [-0.25, -0.2) is 13.6 Å². The van der Waals surface area contributed by atoms with Gasteiger partial charge >= 0.3 is 5.69 Å². The van der Waals surface area contributed by atoms with Crippen molar-refractivity contribution in [2.24, 2.45) is 5.92 Å². The fourth-order valence-corrected chi connectivity index (χ4v) is 3.89. The minimum Gasteiger partial charge on any atom is -0.354 e. The van der Waals surface area contributed by atoms with Crippen molar-refractivity contribution in [1.82, 2.24) is 20.2 Å². The van der Waals surface area contributed by atoms with Crippen LogP contribution in [0, 0.1) is 31.4 Å². The Hall–Kier alpha value is -3.10. The van der Waals surface area contributed by atoms with E-state index in [2.05, 4.69) is 15.6 Å². The van der Waals surface area contributed by atoms with E-state index in [4.69, 9.17) is 0 Å². The second kappa shape index (κ2) is 9.80. The van der Waals surface area contributed by atoms with Crippen molar-refractivity contribution >= 4 is 11.8 Å². The molecule has 1 aromatic heterocycles. The second-order valence-corrected chi connectivity index (χ2v) is 7.92. The fourth-order valence-electron chi connectivity index (χ4n) is 3.89. The minimum atomic E-state index is -1.06. The third-order valence-electron chi connectivity index (χ3n) is 5.60. The summed E-state index contributed by atoms with van der Waals surface area (Å²) in [5.41, 5.74) is 1.19. The monoisotopic (exact) mass is 432 g/mol. The van der Waals surface area contributed by atoms with Gasteiger partial charge in [0.1, 0.15) is 0 Å². The lowest BCUT2D eigenvalue weighted by atomic mass is 9.85. The zero-order valence-corrected chi connectivity index (χ0v) is 17.6. The second-order valence-electron chi connectivity index (χ2n) is 7.92. The number of aryl methyl sites for hydroxylation is 2. The Morgan fingerprint density at radius 2 is 1.81 bits per heavy atom. The van der Waals surface area contributed by atoms with E-state index in [0.29, 0.717) is 44.5 Å². The van der Waals surface area contributed by atoms with Crippen LogP contribution >= 0.6 is 0 Å². The van der Waals surface area contributed by atoms with Crippen LogP contribution in [-0.4, -0.2) is 34.0 Å². The molecule has 1 saturated carbocycles. The molecule has 0 radical (unpaired) electrons. The molecule has 1 aliphatic carbocycles. The molecule has 0 spiro atoms. The number of hydrogen-bond donors (Lipinski definition) is 2. The van der Waals surface area contributed by atoms with Gasteiger partial charge in [-0.2, -0.15) is 4.98 Å². The molecule has 7 nitrogen and oxygen atoms in total. The first-order valence-electron chi connectivity index (χ1n) is 10.3. The Morgan fingerprint density at radius 3 is 2.45 bits per heavy atom. The van der Waals surface area contributed by atoms with Crippen LogP contribution in [0.15, 0.2) is 29.1 Å². The molecule has 1 heterocycles. The van der Waals surface area contributed by atoms with E-state index in [-0.39, 0.29) is 29.1 Å². The van der Waals surface area contributed by atoms with Crippen molar-refractivity contribution in [2.45, 2.75) is 52.1 Å². The van der Waals surface area contributed by atoms with E-state index in [1.54, 1.807) is 6.92 Å². The normalized spacial score (nSPS) is 18.5. The highest BCUT2D eigenvalue weighted by Gasteiger charge is 2.27. The molecule has 9 heteroatoms. The summed E-state index contributed by atoms with van der Waals surface area (Å²) in [4.78, 5) is 40.6. The number of aromatic nitrogens is 2. The lowest BCUT2D eigenvalue weighted by molar-refractivity contribution is -0.126. The van der Waals surface area contributed by atoms with Gasteiger partial charge < -0.3 is 10.6 Å². The number of hydrogen-bond acceptors (Lipinski definition) is 4. The van der Waals surface area contributed by atoms with Crippen LogP contribution in [0.2, 0.25) is 0 Å². The summed E-state index contributed by atoms with van der Waals surface area (Å²) in [5.74, 6) is -2.76. The van der Waals surface area contributed by atoms with Gasteiger partial charge in [-0.15, -0.1) is 0 Å². The first kappa shape index (κ1) is 22.6. The average molecular weight is 432 g/mol. The highest BCUT2D eigenvalue weighted by molar-refractivity contribution is 5.94. The van der Waals surface area contributed by atoms with Crippen molar-refractivity contribution in [2.75, 3.05) is 6.54 Å². The van der Waals surface area contributed by atoms with E-state index in [0.717, 1.165) is 17.8 Å². The van der Waals surface area contributed by atoms with Crippen molar-refractivity contribution < 1.29 is 18.4 Å². The molecule has 0 atom stereocenters. The number of benzene rings is 1. The molecule has 31 heavy (non-hydrogen) atoms. The Labute approximate surface area is 178 Å². The first-order chi connectivity index (χ1) is 14.7. The van der Waals surface area contributed by atoms with Gasteiger partial charge in [-0.3, -0.25) is 14.2 Å². The predicted molar refractivity (Wildman–Crippen MR) is 111 cm³/mol. The number of carbonyl (C=O) groups is 2. The van der Waals surface area contributed by atoms with Crippen LogP contribution in [-0.2, 0) is 11.3 Å². The van der Waals surface area contributed by atoms with Gasteiger partial charge in [0.2, 0.25) is 5.91 Å². The Balaban J connectivity index is 1.44. The predicted octanol–water partition coefficient (Wildman–Crippen LogP) is 2.24. The highest BCUT2D eigenvalue weighted by Crippen LogP contribution is 2.25. The van der Waals surface area contributed by atoms with Gasteiger partial charge in [0.15, 0.2) is 11.6 Å². The summed E-state index contributed by atoms with van der Waals surface area (Å²) in [5, 5.41) is 5.69. The van der Waals surface area contributed by atoms with Crippen molar-refractivity contribution in [3.05, 3.63) is 63.3 Å². The Bertz CT molecular complexity index is 1030. The largest absolute Gasteiger partial charge is 0.354 e. The highest BCUT2D eigenvalue weighted by atomic mass is 19.2. The number of amides is 2. The number of nitrogens with zero attached hydrogens (tertiary/aromatic N) is 2. The van der Waals surface area contributed by atoms with Gasteiger partial charge in [-0.05, 0) is 63.8 Å². The Morgan fingerprint density at radius 1 is 1.10 bits per heavy atom. The number of rotatable bonds is 6. The van der Waals surface area contributed by atoms with E-state index >= 15 is 0 Å². The van der Waals surface area contributed by atoms with Gasteiger partial charge in [-0.1, -0.05) is 0 Å². The summed E-state index contributed by atoms with van der Waals surface area (Å²) in [7, 11) is 0. The molecule has 0 bridgehead atoms. The van der Waals surface area contributed by atoms with Crippen molar-refractivity contribution in [3.8, 4) is 0 Å². The van der Waals surface area contributed by atoms with Crippen LogP contribution in [0.25, 0.3) is 0 Å². The lowest BCUT2D eigenvalue weighted by Gasteiger charge is -2.28. The van der Waals surface area contributed by atoms with Crippen LogP contribution in [0.3, 0.4) is 0 Å². The molecule has 2 N–H and O–H groups in total. The van der Waals surface area contributed by atoms with E-state index in [1.165, 1.54) is 10.6 Å². The summed E-state index contributed by atoms with van der Waals surface area (Å²) in [6.45, 7) is 4.27. The molecule has 1 fully saturated rings. The van der Waals surface area contributed by atoms with Crippen LogP contribution in [0.5, 0.6) is 0 Å². The summed E-state index contributed by atoms with van der Waals surface area (Å²) >= 11 is 0. The molecule has 1 aromatic carbocycles. The number of nitrogens with one attached hydrogen (secondary N) is 2. The third kappa shape index (κ3) is 5.74. The molecule has 1 aliphatic rings. The fraction of sp³-hybridized carbons (Fsp3) is 0.455. The molecular formula is C22H26F2N4O3. The molecule has 2 aromatic rings. The van der Waals surface area contributed by atoms with Crippen LogP contribution < -0.4 is 16.3 Å². The average Bonchev–Trinajstić information content (AvgIpc) is 2.72. The maximum Gasteiger partial charge on any atom is 0.348 e.